The lowest BCUT2D eigenvalue weighted by Crippen LogP contribution is -2.17. The third-order valence-electron chi connectivity index (χ3n) is 4.63. The van der Waals surface area contributed by atoms with Gasteiger partial charge >= 0.3 is 0 Å². The van der Waals surface area contributed by atoms with Crippen molar-refractivity contribution in [2.45, 2.75) is 50.8 Å². The molecule has 0 amide bonds. The molecule has 8 heteroatoms. The van der Waals surface area contributed by atoms with Crippen LogP contribution in [-0.2, 0) is 15.4 Å². The van der Waals surface area contributed by atoms with Gasteiger partial charge in [-0.05, 0) is 47.2 Å². The summed E-state index contributed by atoms with van der Waals surface area (Å²) in [6.07, 6.45) is 1.66. The second-order valence-electron chi connectivity index (χ2n) is 8.27. The summed E-state index contributed by atoms with van der Waals surface area (Å²) in [7, 11) is -3.79. The maximum atomic E-state index is 13.0. The Hall–Kier alpha value is -2.38. The third kappa shape index (κ3) is 4.62. The molecule has 1 heterocycles. The summed E-state index contributed by atoms with van der Waals surface area (Å²) < 4.78 is 30.3. The van der Waals surface area contributed by atoms with Crippen LogP contribution >= 0.6 is 11.6 Å². The van der Waals surface area contributed by atoms with Crippen LogP contribution < -0.4 is 4.72 Å². The summed E-state index contributed by atoms with van der Waals surface area (Å²) in [5.74, 6) is 0.151. The molecule has 6 nitrogen and oxygen atoms in total. The molecule has 0 spiro atoms. The molecule has 1 N–H and O–H groups in total. The number of aromatic nitrogens is 3. The van der Waals surface area contributed by atoms with Gasteiger partial charge in [0.25, 0.3) is 10.0 Å². The molecule has 29 heavy (non-hydrogen) atoms. The minimum absolute atomic E-state index is 0.0561. The van der Waals surface area contributed by atoms with Gasteiger partial charge in [0.2, 0.25) is 0 Å². The Morgan fingerprint density at radius 2 is 1.72 bits per heavy atom. The van der Waals surface area contributed by atoms with Crippen molar-refractivity contribution < 1.29 is 8.42 Å². The van der Waals surface area contributed by atoms with Crippen molar-refractivity contribution in [1.29, 1.82) is 0 Å². The average molecular weight is 433 g/mol. The van der Waals surface area contributed by atoms with Gasteiger partial charge in [0, 0.05) is 5.02 Å². The van der Waals surface area contributed by atoms with Crippen LogP contribution in [-0.4, -0.2) is 23.4 Å². The number of rotatable bonds is 5. The van der Waals surface area contributed by atoms with Crippen LogP contribution in [0.3, 0.4) is 0 Å². The highest BCUT2D eigenvalue weighted by Crippen LogP contribution is 2.29. The number of hydrogen-bond donors (Lipinski definition) is 1. The lowest BCUT2D eigenvalue weighted by molar-refractivity contribution is 0.587. The molecule has 0 saturated heterocycles. The normalized spacial score (nSPS) is 12.4. The lowest BCUT2D eigenvalue weighted by Gasteiger charge is -2.19. The van der Waals surface area contributed by atoms with Gasteiger partial charge in [0.15, 0.2) is 0 Å². The summed E-state index contributed by atoms with van der Waals surface area (Å²) in [5.41, 5.74) is 2.75. The van der Waals surface area contributed by atoms with E-state index in [4.69, 9.17) is 11.6 Å². The molecule has 0 saturated carbocycles. The number of nitrogens with zero attached hydrogens (tertiary/aromatic N) is 3. The molecule has 3 rings (SSSR count). The van der Waals surface area contributed by atoms with Crippen LogP contribution in [0.1, 0.15) is 51.8 Å². The molecule has 0 bridgehead atoms. The van der Waals surface area contributed by atoms with E-state index in [2.05, 4.69) is 35.8 Å². The minimum Gasteiger partial charge on any atom is -0.277 e. The molecule has 0 atom stereocenters. The Balaban J connectivity index is 2.01. The topological polar surface area (TPSA) is 76.9 Å². The Morgan fingerprint density at radius 1 is 1.07 bits per heavy atom. The summed E-state index contributed by atoms with van der Waals surface area (Å²) in [4.78, 5) is 0.189. The van der Waals surface area contributed by atoms with Crippen LogP contribution in [0.4, 0.5) is 5.69 Å². The molecule has 0 unspecified atom stereocenters. The van der Waals surface area contributed by atoms with E-state index >= 15 is 0 Å². The molecule has 0 aliphatic heterocycles. The Bertz CT molecular complexity index is 1110. The van der Waals surface area contributed by atoms with E-state index in [-0.39, 0.29) is 16.2 Å². The third-order valence-corrected chi connectivity index (χ3v) is 6.25. The van der Waals surface area contributed by atoms with Crippen LogP contribution in [0, 0.1) is 0 Å². The first-order valence-electron chi connectivity index (χ1n) is 9.33. The highest BCUT2D eigenvalue weighted by atomic mass is 35.5. The maximum Gasteiger partial charge on any atom is 0.261 e. The second-order valence-corrected chi connectivity index (χ2v) is 10.4. The fourth-order valence-corrected chi connectivity index (χ4v) is 4.17. The molecule has 3 aromatic rings. The van der Waals surface area contributed by atoms with E-state index in [1.54, 1.807) is 41.2 Å². The summed E-state index contributed by atoms with van der Waals surface area (Å²) in [6, 6.07) is 11.9. The standard InChI is InChI=1S/C21H25ClN4O2S/c1-14(2)20-13-23-25-26(20)19-12-16(22)8-11-18(19)24-29(27,28)17-9-6-15(7-10-17)21(3,4)5/h6-14,24H,1-5H3. The van der Waals surface area contributed by atoms with Gasteiger partial charge in [-0.2, -0.15) is 0 Å². The Kier molecular flexibility index (Phi) is 5.74. The van der Waals surface area contributed by atoms with Crippen molar-refractivity contribution >= 4 is 27.3 Å². The highest BCUT2D eigenvalue weighted by Gasteiger charge is 2.21. The first kappa shape index (κ1) is 21.3. The molecule has 154 valence electrons. The number of sulfonamides is 1. The second kappa shape index (κ2) is 7.80. The summed E-state index contributed by atoms with van der Waals surface area (Å²) in [5, 5.41) is 8.57. The van der Waals surface area contributed by atoms with Crippen molar-refractivity contribution in [3.63, 3.8) is 0 Å². The van der Waals surface area contributed by atoms with Crippen molar-refractivity contribution in [2.24, 2.45) is 0 Å². The molecule has 2 aromatic carbocycles. The van der Waals surface area contributed by atoms with Gasteiger partial charge < -0.3 is 0 Å². The van der Waals surface area contributed by atoms with Crippen molar-refractivity contribution in [1.82, 2.24) is 15.0 Å². The lowest BCUT2D eigenvalue weighted by atomic mass is 9.87. The molecule has 0 aliphatic carbocycles. The van der Waals surface area contributed by atoms with Crippen LogP contribution in [0.5, 0.6) is 0 Å². The van der Waals surface area contributed by atoms with Crippen LogP contribution in [0.15, 0.2) is 53.6 Å². The smallest absolute Gasteiger partial charge is 0.261 e. The van der Waals surface area contributed by atoms with Gasteiger partial charge in [-0.25, -0.2) is 13.1 Å². The van der Waals surface area contributed by atoms with E-state index in [9.17, 15) is 8.42 Å². The van der Waals surface area contributed by atoms with Gasteiger partial charge in [-0.15, -0.1) is 5.10 Å². The molecule has 0 fully saturated rings. The number of halogens is 1. The predicted molar refractivity (Wildman–Crippen MR) is 116 cm³/mol. The fraction of sp³-hybridized carbons (Fsp3) is 0.333. The largest absolute Gasteiger partial charge is 0.277 e. The number of benzene rings is 2. The quantitative estimate of drug-likeness (QED) is 0.605. The van der Waals surface area contributed by atoms with E-state index in [0.29, 0.717) is 16.4 Å². The van der Waals surface area contributed by atoms with E-state index in [1.807, 2.05) is 26.0 Å². The van der Waals surface area contributed by atoms with Gasteiger partial charge in [0.1, 0.15) is 0 Å². The molecule has 0 radical (unpaired) electrons. The molecule has 0 aliphatic rings. The maximum absolute atomic E-state index is 13.0. The van der Waals surface area contributed by atoms with Crippen LogP contribution in [0.25, 0.3) is 5.69 Å². The first-order chi connectivity index (χ1) is 13.5. The Morgan fingerprint density at radius 3 is 2.31 bits per heavy atom. The van der Waals surface area contributed by atoms with Gasteiger partial charge in [0.05, 0.1) is 28.2 Å². The predicted octanol–water partition coefficient (Wildman–Crippen LogP) is 5.14. The van der Waals surface area contributed by atoms with E-state index < -0.39 is 10.0 Å². The monoisotopic (exact) mass is 432 g/mol. The van der Waals surface area contributed by atoms with E-state index in [0.717, 1.165) is 11.3 Å². The van der Waals surface area contributed by atoms with Crippen molar-refractivity contribution in [3.8, 4) is 5.69 Å². The zero-order chi connectivity index (χ0) is 21.4. The Labute approximate surface area is 177 Å². The number of hydrogen-bond acceptors (Lipinski definition) is 4. The number of nitrogens with one attached hydrogen (secondary N) is 1. The van der Waals surface area contributed by atoms with Crippen LogP contribution in [0.2, 0.25) is 5.02 Å². The summed E-state index contributed by atoms with van der Waals surface area (Å²) in [6.45, 7) is 10.3. The average Bonchev–Trinajstić information content (AvgIpc) is 3.12. The van der Waals surface area contributed by atoms with Gasteiger partial charge in [-0.1, -0.05) is 63.6 Å². The SMILES string of the molecule is CC(C)c1cnnn1-c1cc(Cl)ccc1NS(=O)(=O)c1ccc(C(C)(C)C)cc1. The number of anilines is 1. The first-order valence-corrected chi connectivity index (χ1v) is 11.2. The van der Waals surface area contributed by atoms with Gasteiger partial charge in [-0.3, -0.25) is 4.72 Å². The fourth-order valence-electron chi connectivity index (χ4n) is 2.93. The molecule has 1 aromatic heterocycles. The van der Waals surface area contributed by atoms with E-state index in [1.165, 1.54) is 0 Å². The van der Waals surface area contributed by atoms with Crippen molar-refractivity contribution in [2.75, 3.05) is 4.72 Å². The zero-order valence-corrected chi connectivity index (χ0v) is 18.7. The molecular weight excluding hydrogens is 408 g/mol. The molecular formula is C21H25ClN4O2S. The minimum atomic E-state index is -3.79. The zero-order valence-electron chi connectivity index (χ0n) is 17.1. The van der Waals surface area contributed by atoms with Crippen molar-refractivity contribution in [3.05, 3.63) is 64.9 Å². The summed E-state index contributed by atoms with van der Waals surface area (Å²) >= 11 is 6.18. The highest BCUT2D eigenvalue weighted by molar-refractivity contribution is 7.92.